The standard InChI is InChI=1S/C20H53N11/c21-1-6-26-8-15-30(14-5-25)16-10-28-11-18-31(17-9-27-7-2-22)20-19-29(12-3-23)13-4-24/h26-28H,1-25H2. The number of nitrogens with zero attached hydrogens (tertiary/aromatic N) is 3. The van der Waals surface area contributed by atoms with E-state index in [1.54, 1.807) is 0 Å². The Labute approximate surface area is 190 Å². The van der Waals surface area contributed by atoms with Crippen LogP contribution in [0.15, 0.2) is 0 Å². The highest BCUT2D eigenvalue weighted by Gasteiger charge is 2.09. The van der Waals surface area contributed by atoms with Crippen LogP contribution >= 0.6 is 0 Å². The average Bonchev–Trinajstić information content (AvgIpc) is 2.77. The lowest BCUT2D eigenvalue weighted by Crippen LogP contribution is -2.45. The van der Waals surface area contributed by atoms with Crippen LogP contribution in [0.1, 0.15) is 0 Å². The van der Waals surface area contributed by atoms with E-state index >= 15 is 0 Å². The molecule has 0 saturated carbocycles. The first-order valence-electron chi connectivity index (χ1n) is 12.0. The molecule has 0 bridgehead atoms. The van der Waals surface area contributed by atoms with Crippen molar-refractivity contribution in [1.29, 1.82) is 0 Å². The zero-order valence-electron chi connectivity index (χ0n) is 19.9. The van der Waals surface area contributed by atoms with Crippen molar-refractivity contribution in [3.63, 3.8) is 0 Å². The summed E-state index contributed by atoms with van der Waals surface area (Å²) in [6, 6.07) is 0. The van der Waals surface area contributed by atoms with Gasteiger partial charge in [0.05, 0.1) is 0 Å². The van der Waals surface area contributed by atoms with Crippen LogP contribution in [-0.4, -0.2) is 146 Å². The third-order valence-electron chi connectivity index (χ3n) is 5.13. The molecule has 0 fully saturated rings. The fourth-order valence-electron chi connectivity index (χ4n) is 3.36. The maximum Gasteiger partial charge on any atom is 0.0110 e. The molecule has 188 valence electrons. The Kier molecular flexibility index (Phi) is 23.9. The summed E-state index contributed by atoms with van der Waals surface area (Å²) >= 11 is 0. The van der Waals surface area contributed by atoms with E-state index in [0.717, 1.165) is 98.2 Å². The molecule has 0 unspecified atom stereocenters. The first-order chi connectivity index (χ1) is 15.2. The molecule has 0 atom stereocenters. The van der Waals surface area contributed by atoms with Gasteiger partial charge in [-0.1, -0.05) is 0 Å². The highest BCUT2D eigenvalue weighted by atomic mass is 15.2. The second kappa shape index (κ2) is 24.2. The summed E-state index contributed by atoms with van der Waals surface area (Å²) < 4.78 is 0. The van der Waals surface area contributed by atoms with Crippen molar-refractivity contribution in [1.82, 2.24) is 30.7 Å². The molecule has 0 saturated heterocycles. The number of rotatable bonds is 25. The van der Waals surface area contributed by atoms with E-state index in [1.807, 2.05) is 0 Å². The van der Waals surface area contributed by atoms with Gasteiger partial charge in [-0.2, -0.15) is 0 Å². The van der Waals surface area contributed by atoms with E-state index in [0.29, 0.717) is 32.7 Å². The van der Waals surface area contributed by atoms with Crippen LogP contribution in [0, 0.1) is 0 Å². The molecule has 0 amide bonds. The van der Waals surface area contributed by atoms with Crippen molar-refractivity contribution in [3.05, 3.63) is 0 Å². The molecule has 31 heavy (non-hydrogen) atoms. The molecule has 11 heteroatoms. The Bertz CT molecular complexity index is 343. The summed E-state index contributed by atoms with van der Waals surface area (Å²) in [6.07, 6.45) is 0. The van der Waals surface area contributed by atoms with E-state index in [9.17, 15) is 0 Å². The summed E-state index contributed by atoms with van der Waals surface area (Å²) in [5.74, 6) is 0. The molecule has 0 aliphatic rings. The number of nitrogens with one attached hydrogen (secondary N) is 3. The zero-order valence-corrected chi connectivity index (χ0v) is 19.9. The number of hydrogen-bond donors (Lipinski definition) is 8. The third-order valence-corrected chi connectivity index (χ3v) is 5.13. The summed E-state index contributed by atoms with van der Waals surface area (Å²) in [5, 5.41) is 10.3. The maximum absolute atomic E-state index is 5.76. The first kappa shape index (κ1) is 30.6. The molecule has 0 spiro atoms. The topological polar surface area (TPSA) is 176 Å². The second-order valence-electron chi connectivity index (χ2n) is 7.72. The van der Waals surface area contributed by atoms with E-state index in [-0.39, 0.29) is 0 Å². The molecular weight excluding hydrogens is 394 g/mol. The Balaban J connectivity index is 4.23. The first-order valence-corrected chi connectivity index (χ1v) is 12.0. The minimum atomic E-state index is 0.667. The van der Waals surface area contributed by atoms with Gasteiger partial charge in [-0.15, -0.1) is 0 Å². The van der Waals surface area contributed by atoms with Crippen LogP contribution in [-0.2, 0) is 0 Å². The molecule has 0 aliphatic carbocycles. The van der Waals surface area contributed by atoms with Crippen LogP contribution in [0.3, 0.4) is 0 Å². The van der Waals surface area contributed by atoms with E-state index in [2.05, 4.69) is 30.7 Å². The van der Waals surface area contributed by atoms with E-state index < -0.39 is 0 Å². The van der Waals surface area contributed by atoms with Crippen LogP contribution in [0.25, 0.3) is 0 Å². The molecule has 11 nitrogen and oxygen atoms in total. The van der Waals surface area contributed by atoms with E-state index in [4.69, 9.17) is 28.7 Å². The van der Waals surface area contributed by atoms with Crippen LogP contribution in [0.4, 0.5) is 0 Å². The highest BCUT2D eigenvalue weighted by Crippen LogP contribution is 1.92. The molecular formula is C20H53N11. The summed E-state index contributed by atoms with van der Waals surface area (Å²) in [7, 11) is 0. The van der Waals surface area contributed by atoms with Crippen molar-refractivity contribution in [3.8, 4) is 0 Å². The zero-order chi connectivity index (χ0) is 23.0. The van der Waals surface area contributed by atoms with Gasteiger partial charge in [0.15, 0.2) is 0 Å². The van der Waals surface area contributed by atoms with Gasteiger partial charge in [0.2, 0.25) is 0 Å². The van der Waals surface area contributed by atoms with Gasteiger partial charge >= 0.3 is 0 Å². The van der Waals surface area contributed by atoms with Gasteiger partial charge in [-0.25, -0.2) is 0 Å². The molecule has 0 aliphatic heterocycles. The lowest BCUT2D eigenvalue weighted by molar-refractivity contribution is 0.208. The summed E-state index contributed by atoms with van der Waals surface area (Å²) in [6.45, 7) is 17.6. The van der Waals surface area contributed by atoms with Crippen molar-refractivity contribution in [2.24, 2.45) is 28.7 Å². The van der Waals surface area contributed by atoms with Gasteiger partial charge in [0.1, 0.15) is 0 Å². The second-order valence-corrected chi connectivity index (χ2v) is 7.72. The molecule has 0 heterocycles. The van der Waals surface area contributed by atoms with Gasteiger partial charge in [-0.3, -0.25) is 14.7 Å². The minimum Gasteiger partial charge on any atom is -0.329 e. The minimum absolute atomic E-state index is 0.667. The third kappa shape index (κ3) is 19.9. The van der Waals surface area contributed by atoms with Crippen LogP contribution in [0.2, 0.25) is 0 Å². The maximum atomic E-state index is 5.76. The quantitative estimate of drug-likeness (QED) is 0.0632. The lowest BCUT2D eigenvalue weighted by Gasteiger charge is -2.28. The van der Waals surface area contributed by atoms with Crippen LogP contribution in [0.5, 0.6) is 0 Å². The van der Waals surface area contributed by atoms with Crippen molar-refractivity contribution >= 4 is 0 Å². The summed E-state index contributed by atoms with van der Waals surface area (Å²) in [5.41, 5.74) is 28.3. The molecule has 13 N–H and O–H groups in total. The molecule has 0 radical (unpaired) electrons. The smallest absolute Gasteiger partial charge is 0.0110 e. The molecule has 0 aromatic carbocycles. The normalized spacial score (nSPS) is 12.0. The van der Waals surface area contributed by atoms with Crippen molar-refractivity contribution < 1.29 is 0 Å². The highest BCUT2D eigenvalue weighted by molar-refractivity contribution is 4.68. The fraction of sp³-hybridized carbons (Fsp3) is 1.00. The van der Waals surface area contributed by atoms with Gasteiger partial charge in [0, 0.05) is 131 Å². The Hall–Kier alpha value is -0.440. The largest absolute Gasteiger partial charge is 0.329 e. The Morgan fingerprint density at radius 2 is 0.613 bits per heavy atom. The van der Waals surface area contributed by atoms with Gasteiger partial charge < -0.3 is 44.6 Å². The molecule has 0 rings (SSSR count). The number of hydrogen-bond acceptors (Lipinski definition) is 11. The predicted molar refractivity (Wildman–Crippen MR) is 133 cm³/mol. The Morgan fingerprint density at radius 1 is 0.323 bits per heavy atom. The van der Waals surface area contributed by atoms with Gasteiger partial charge in [0.25, 0.3) is 0 Å². The SMILES string of the molecule is NCCNCCN(CCN)CCNCCN(CCNCCN)CCN(CCN)CCN. The Morgan fingerprint density at radius 3 is 0.935 bits per heavy atom. The summed E-state index contributed by atoms with van der Waals surface area (Å²) in [4.78, 5) is 7.23. The van der Waals surface area contributed by atoms with Crippen molar-refractivity contribution in [2.75, 3.05) is 131 Å². The number of nitrogens with two attached hydrogens (primary N) is 5. The monoisotopic (exact) mass is 447 g/mol. The molecule has 0 aromatic heterocycles. The van der Waals surface area contributed by atoms with E-state index in [1.165, 1.54) is 0 Å². The van der Waals surface area contributed by atoms with Crippen molar-refractivity contribution in [2.45, 2.75) is 0 Å². The fourth-order valence-corrected chi connectivity index (χ4v) is 3.36. The average molecular weight is 448 g/mol. The van der Waals surface area contributed by atoms with Crippen LogP contribution < -0.4 is 44.6 Å². The molecule has 0 aromatic rings. The predicted octanol–water partition coefficient (Wildman–Crippen LogP) is -4.55. The van der Waals surface area contributed by atoms with Gasteiger partial charge in [-0.05, 0) is 0 Å². The lowest BCUT2D eigenvalue weighted by atomic mass is 10.3.